The third kappa shape index (κ3) is 6.70. The Morgan fingerprint density at radius 2 is 2.20 bits per heavy atom. The van der Waals surface area contributed by atoms with Crippen molar-refractivity contribution in [2.75, 3.05) is 51.9 Å². The maximum absolute atomic E-state index is 12.8. The van der Waals surface area contributed by atoms with Crippen LogP contribution in [0.2, 0.25) is 0 Å². The lowest BCUT2D eigenvalue weighted by Crippen LogP contribution is -2.40. The molecule has 0 radical (unpaired) electrons. The van der Waals surface area contributed by atoms with Gasteiger partial charge in [0.1, 0.15) is 0 Å². The number of hydrogen-bond donors (Lipinski definition) is 2. The summed E-state index contributed by atoms with van der Waals surface area (Å²) < 4.78 is 19.1. The maximum Gasteiger partial charge on any atom is 0.0836 e. The monoisotopic (exact) mass is 373 g/mol. The number of halogens is 1. The summed E-state index contributed by atoms with van der Waals surface area (Å²) in [6.45, 7) is 10.2. The zero-order valence-corrected chi connectivity index (χ0v) is 16.4. The number of nitrogens with zero attached hydrogens (tertiary/aromatic N) is 1. The molecule has 0 spiro atoms. The van der Waals surface area contributed by atoms with Gasteiger partial charge in [-0.15, -0.1) is 6.58 Å². The number of ether oxygens (including phenoxy) is 1. The van der Waals surface area contributed by atoms with Crippen molar-refractivity contribution >= 4 is 7.92 Å². The first-order valence-electron chi connectivity index (χ1n) is 9.16. The summed E-state index contributed by atoms with van der Waals surface area (Å²) in [6.07, 6.45) is 8.75. The van der Waals surface area contributed by atoms with Gasteiger partial charge in [0, 0.05) is 31.3 Å². The quantitative estimate of drug-likeness (QED) is 0.350. The van der Waals surface area contributed by atoms with E-state index in [4.69, 9.17) is 9.57 Å². The summed E-state index contributed by atoms with van der Waals surface area (Å²) in [5.41, 5.74) is 2.87. The fourth-order valence-corrected chi connectivity index (χ4v) is 5.88. The van der Waals surface area contributed by atoms with E-state index in [1.165, 1.54) is 37.8 Å². The molecular formula is C18H33FN3O2P. The molecule has 2 N–H and O–H groups in total. The predicted molar refractivity (Wildman–Crippen MR) is 103 cm³/mol. The Kier molecular flexibility index (Phi) is 9.53. The third-order valence-electron chi connectivity index (χ3n) is 4.98. The Morgan fingerprint density at radius 3 is 2.84 bits per heavy atom. The first-order chi connectivity index (χ1) is 12.2. The van der Waals surface area contributed by atoms with E-state index in [1.54, 1.807) is 13.2 Å². The van der Waals surface area contributed by atoms with E-state index >= 15 is 0 Å². The van der Waals surface area contributed by atoms with Crippen molar-refractivity contribution in [3.63, 3.8) is 0 Å². The van der Waals surface area contributed by atoms with Gasteiger partial charge in [0.25, 0.3) is 0 Å². The van der Waals surface area contributed by atoms with E-state index in [2.05, 4.69) is 22.3 Å². The van der Waals surface area contributed by atoms with Crippen molar-refractivity contribution in [1.82, 2.24) is 15.7 Å². The Morgan fingerprint density at radius 1 is 1.44 bits per heavy atom. The van der Waals surface area contributed by atoms with E-state index < -0.39 is 0 Å². The summed E-state index contributed by atoms with van der Waals surface area (Å²) in [7, 11) is 1.70. The second-order valence-electron chi connectivity index (χ2n) is 6.84. The molecule has 0 bridgehead atoms. The zero-order chi connectivity index (χ0) is 18.1. The molecule has 0 aromatic carbocycles. The van der Waals surface area contributed by atoms with Crippen LogP contribution in [0, 0.1) is 5.92 Å². The van der Waals surface area contributed by atoms with Crippen LogP contribution in [-0.2, 0) is 9.57 Å². The number of hydroxylamine groups is 1. The minimum Gasteiger partial charge on any atom is -0.369 e. The summed E-state index contributed by atoms with van der Waals surface area (Å²) in [5, 5.41) is 3.44. The highest BCUT2D eigenvalue weighted by atomic mass is 31.1. The standard InChI is InChI=1S/C18H33FN3O2P/c1-4-18(17(5-7-19)15(2)21-23-3)24-16-6-10-22(13-16)14-25-11-8-20-9-12-25/h4-5,7,15-18,20-21H,1,6,8-14H2,2-3H3/b7-5+. The predicted octanol–water partition coefficient (Wildman–Crippen LogP) is 2.31. The Balaban J connectivity index is 1.84. The van der Waals surface area contributed by atoms with Crippen LogP contribution >= 0.6 is 7.92 Å². The average Bonchev–Trinajstić information content (AvgIpc) is 3.06. The first-order valence-corrected chi connectivity index (χ1v) is 11.1. The SMILES string of the molecule is C=CC(OC1CCN(CP2CCNCC2)C1)C(/C=C/F)C(C)NOC. The van der Waals surface area contributed by atoms with Gasteiger partial charge >= 0.3 is 0 Å². The van der Waals surface area contributed by atoms with E-state index in [-0.39, 0.29) is 32.1 Å². The van der Waals surface area contributed by atoms with Crippen LogP contribution < -0.4 is 10.8 Å². The van der Waals surface area contributed by atoms with Crippen molar-refractivity contribution in [1.29, 1.82) is 0 Å². The van der Waals surface area contributed by atoms with Crippen LogP contribution in [0.1, 0.15) is 13.3 Å². The number of rotatable bonds is 10. The Bertz CT molecular complexity index is 421. The topological polar surface area (TPSA) is 45.8 Å². The van der Waals surface area contributed by atoms with Gasteiger partial charge in [-0.05, 0) is 44.8 Å². The van der Waals surface area contributed by atoms with Gasteiger partial charge in [-0.25, -0.2) is 4.39 Å². The molecule has 144 valence electrons. The fourth-order valence-electron chi connectivity index (χ4n) is 3.61. The minimum absolute atomic E-state index is 0.0734. The molecule has 2 heterocycles. The minimum atomic E-state index is -0.237. The molecule has 0 aromatic heterocycles. The molecule has 2 rings (SSSR count). The van der Waals surface area contributed by atoms with Gasteiger partial charge < -0.3 is 14.9 Å². The molecule has 2 aliphatic heterocycles. The Hall–Kier alpha value is -0.360. The van der Waals surface area contributed by atoms with Crippen LogP contribution in [0.25, 0.3) is 0 Å². The second-order valence-corrected chi connectivity index (χ2v) is 9.36. The van der Waals surface area contributed by atoms with E-state index in [0.717, 1.165) is 19.5 Å². The van der Waals surface area contributed by atoms with Gasteiger partial charge in [0.05, 0.1) is 25.6 Å². The molecule has 4 unspecified atom stereocenters. The zero-order valence-electron chi connectivity index (χ0n) is 15.5. The number of likely N-dealkylation sites (tertiary alicyclic amines) is 1. The van der Waals surface area contributed by atoms with Crippen LogP contribution in [0.5, 0.6) is 0 Å². The van der Waals surface area contributed by atoms with Gasteiger partial charge in [0.15, 0.2) is 0 Å². The van der Waals surface area contributed by atoms with Crippen molar-refractivity contribution in [3.8, 4) is 0 Å². The highest BCUT2D eigenvalue weighted by Crippen LogP contribution is 2.37. The fraction of sp³-hybridized carbons (Fsp3) is 0.778. The summed E-state index contributed by atoms with van der Waals surface area (Å²) >= 11 is 0. The van der Waals surface area contributed by atoms with Crippen molar-refractivity contribution < 1.29 is 14.0 Å². The molecule has 5 nitrogen and oxygen atoms in total. The van der Waals surface area contributed by atoms with Crippen LogP contribution in [0.15, 0.2) is 25.1 Å². The first kappa shape index (κ1) is 20.9. The largest absolute Gasteiger partial charge is 0.369 e. The molecule has 0 saturated carbocycles. The molecule has 0 amide bonds. The van der Waals surface area contributed by atoms with Crippen LogP contribution in [0.4, 0.5) is 4.39 Å². The van der Waals surface area contributed by atoms with Crippen molar-refractivity contribution in [2.24, 2.45) is 5.92 Å². The number of nitrogens with one attached hydrogen (secondary N) is 2. The van der Waals surface area contributed by atoms with Crippen molar-refractivity contribution in [2.45, 2.75) is 31.6 Å². The number of hydrogen-bond acceptors (Lipinski definition) is 5. The maximum atomic E-state index is 12.8. The molecule has 0 aliphatic carbocycles. The molecule has 25 heavy (non-hydrogen) atoms. The lowest BCUT2D eigenvalue weighted by atomic mass is 9.95. The highest BCUT2D eigenvalue weighted by molar-refractivity contribution is 7.57. The van der Waals surface area contributed by atoms with Crippen LogP contribution in [-0.4, -0.2) is 75.0 Å². The van der Waals surface area contributed by atoms with Gasteiger partial charge in [-0.2, -0.15) is 5.48 Å². The summed E-state index contributed by atoms with van der Waals surface area (Å²) in [5.74, 6) is -0.162. The molecule has 0 aromatic rings. The van der Waals surface area contributed by atoms with E-state index in [9.17, 15) is 4.39 Å². The van der Waals surface area contributed by atoms with Crippen molar-refractivity contribution in [3.05, 3.63) is 25.1 Å². The highest BCUT2D eigenvalue weighted by Gasteiger charge is 2.31. The summed E-state index contributed by atoms with van der Waals surface area (Å²) in [6, 6.07) is -0.0734. The summed E-state index contributed by atoms with van der Waals surface area (Å²) in [4.78, 5) is 7.53. The average molecular weight is 373 g/mol. The van der Waals surface area contributed by atoms with Gasteiger partial charge in [-0.1, -0.05) is 14.0 Å². The van der Waals surface area contributed by atoms with Crippen LogP contribution in [0.3, 0.4) is 0 Å². The second kappa shape index (κ2) is 11.4. The van der Waals surface area contributed by atoms with Gasteiger partial charge in [-0.3, -0.25) is 4.90 Å². The smallest absolute Gasteiger partial charge is 0.0836 e. The molecule has 4 atom stereocenters. The molecule has 2 aliphatic rings. The third-order valence-corrected chi connectivity index (χ3v) is 7.49. The normalized spacial score (nSPS) is 26.8. The Labute approximate surface area is 152 Å². The molecular weight excluding hydrogens is 340 g/mol. The lowest BCUT2D eigenvalue weighted by Gasteiger charge is -2.30. The van der Waals surface area contributed by atoms with Gasteiger partial charge in [0.2, 0.25) is 0 Å². The molecule has 7 heteroatoms. The lowest BCUT2D eigenvalue weighted by molar-refractivity contribution is -0.0265. The van der Waals surface area contributed by atoms with E-state index in [1.807, 2.05) is 6.92 Å². The molecule has 2 fully saturated rings. The molecule has 2 saturated heterocycles. The van der Waals surface area contributed by atoms with E-state index in [0.29, 0.717) is 6.33 Å².